The highest BCUT2D eigenvalue weighted by Gasteiger charge is 2.04. The molecule has 5 heteroatoms. The molecule has 16 heavy (non-hydrogen) atoms. The molecule has 0 unspecified atom stereocenters. The van der Waals surface area contributed by atoms with Crippen LogP contribution in [0, 0.1) is 0 Å². The van der Waals surface area contributed by atoms with Gasteiger partial charge in [-0.25, -0.2) is 9.59 Å². The SMILES string of the molecule is CC/C(=C/Cn1ccn(CC)c1=O)C(=O)O. The van der Waals surface area contributed by atoms with E-state index in [1.165, 1.54) is 4.57 Å². The summed E-state index contributed by atoms with van der Waals surface area (Å²) >= 11 is 0. The third kappa shape index (κ3) is 2.62. The van der Waals surface area contributed by atoms with Crippen molar-refractivity contribution in [2.45, 2.75) is 33.4 Å². The Morgan fingerprint density at radius 2 is 2.00 bits per heavy atom. The first-order chi connectivity index (χ1) is 7.60. The summed E-state index contributed by atoms with van der Waals surface area (Å²) < 4.78 is 3.06. The van der Waals surface area contributed by atoms with Gasteiger partial charge in [0.1, 0.15) is 0 Å². The van der Waals surface area contributed by atoms with Crippen molar-refractivity contribution in [2.24, 2.45) is 0 Å². The van der Waals surface area contributed by atoms with Crippen molar-refractivity contribution in [2.75, 3.05) is 0 Å². The fourth-order valence-electron chi connectivity index (χ4n) is 1.42. The normalized spacial score (nSPS) is 11.8. The van der Waals surface area contributed by atoms with Gasteiger partial charge in [-0.2, -0.15) is 0 Å². The molecular weight excluding hydrogens is 208 g/mol. The molecule has 5 nitrogen and oxygen atoms in total. The van der Waals surface area contributed by atoms with Crippen LogP contribution < -0.4 is 5.69 Å². The molecule has 0 amide bonds. The van der Waals surface area contributed by atoms with Gasteiger partial charge >= 0.3 is 11.7 Å². The number of hydrogen-bond donors (Lipinski definition) is 1. The average molecular weight is 224 g/mol. The average Bonchev–Trinajstić information content (AvgIpc) is 2.60. The standard InChI is InChI=1S/C11H16N2O3/c1-3-9(10(14)15)5-6-13-8-7-12(4-2)11(13)16/h5,7-8H,3-4,6H2,1-2H3,(H,14,15)/b9-5-. The van der Waals surface area contributed by atoms with Gasteiger partial charge in [-0.3, -0.25) is 9.13 Å². The number of aromatic nitrogens is 2. The van der Waals surface area contributed by atoms with E-state index in [4.69, 9.17) is 5.11 Å². The lowest BCUT2D eigenvalue weighted by molar-refractivity contribution is -0.132. The van der Waals surface area contributed by atoms with E-state index < -0.39 is 5.97 Å². The number of carboxylic acids is 1. The molecule has 0 aliphatic heterocycles. The van der Waals surface area contributed by atoms with E-state index in [2.05, 4.69) is 0 Å². The zero-order valence-electron chi connectivity index (χ0n) is 9.51. The number of rotatable bonds is 5. The summed E-state index contributed by atoms with van der Waals surface area (Å²) in [5.41, 5.74) is 0.218. The number of carbonyl (C=O) groups is 1. The van der Waals surface area contributed by atoms with E-state index >= 15 is 0 Å². The van der Waals surface area contributed by atoms with Crippen LogP contribution in [-0.4, -0.2) is 20.2 Å². The van der Waals surface area contributed by atoms with Crippen LogP contribution in [0.1, 0.15) is 20.3 Å². The van der Waals surface area contributed by atoms with Gasteiger partial charge in [0.15, 0.2) is 0 Å². The summed E-state index contributed by atoms with van der Waals surface area (Å²) in [7, 11) is 0. The Morgan fingerprint density at radius 1 is 1.38 bits per heavy atom. The monoisotopic (exact) mass is 224 g/mol. The molecule has 0 atom stereocenters. The Hall–Kier alpha value is -1.78. The predicted octanol–water partition coefficient (Wildman–Crippen LogP) is 1.09. The van der Waals surface area contributed by atoms with Crippen LogP contribution in [0.25, 0.3) is 0 Å². The Labute approximate surface area is 93.6 Å². The Kier molecular flexibility index (Phi) is 4.10. The Bertz CT molecular complexity index is 454. The first-order valence-corrected chi connectivity index (χ1v) is 5.28. The molecule has 0 aliphatic carbocycles. The quantitative estimate of drug-likeness (QED) is 0.761. The molecule has 0 spiro atoms. The van der Waals surface area contributed by atoms with Crippen LogP contribution in [-0.2, 0) is 17.9 Å². The fraction of sp³-hybridized carbons (Fsp3) is 0.455. The maximum absolute atomic E-state index is 11.6. The second kappa shape index (κ2) is 5.34. The van der Waals surface area contributed by atoms with Crippen LogP contribution in [0.4, 0.5) is 0 Å². The summed E-state index contributed by atoms with van der Waals surface area (Å²) in [6, 6.07) is 0. The largest absolute Gasteiger partial charge is 0.478 e. The summed E-state index contributed by atoms with van der Waals surface area (Å²) in [5, 5.41) is 8.81. The molecule has 1 aromatic rings. The lowest BCUT2D eigenvalue weighted by Crippen LogP contribution is -2.23. The van der Waals surface area contributed by atoms with Crippen LogP contribution in [0.3, 0.4) is 0 Å². The molecule has 1 aromatic heterocycles. The van der Waals surface area contributed by atoms with E-state index in [-0.39, 0.29) is 5.69 Å². The maximum Gasteiger partial charge on any atom is 0.331 e. The van der Waals surface area contributed by atoms with Gasteiger partial charge in [-0.05, 0) is 13.3 Å². The molecule has 88 valence electrons. The second-order valence-electron chi connectivity index (χ2n) is 3.41. The van der Waals surface area contributed by atoms with Gasteiger partial charge in [0.05, 0.1) is 0 Å². The number of aryl methyl sites for hydroxylation is 1. The van der Waals surface area contributed by atoms with Crippen LogP contribution in [0.2, 0.25) is 0 Å². The van der Waals surface area contributed by atoms with Crippen molar-refractivity contribution >= 4 is 5.97 Å². The molecule has 0 bridgehead atoms. The number of aliphatic carboxylic acids is 1. The van der Waals surface area contributed by atoms with Crippen LogP contribution in [0.5, 0.6) is 0 Å². The van der Waals surface area contributed by atoms with E-state index in [1.54, 1.807) is 30.0 Å². The van der Waals surface area contributed by atoms with Gasteiger partial charge in [0.25, 0.3) is 0 Å². The first-order valence-electron chi connectivity index (χ1n) is 5.28. The summed E-state index contributed by atoms with van der Waals surface area (Å²) in [6.45, 7) is 4.59. The Balaban J connectivity index is 2.85. The van der Waals surface area contributed by atoms with Crippen molar-refractivity contribution in [3.8, 4) is 0 Å². The zero-order chi connectivity index (χ0) is 12.1. The third-order valence-corrected chi connectivity index (χ3v) is 2.45. The first kappa shape index (κ1) is 12.3. The molecule has 0 radical (unpaired) electrons. The highest BCUT2D eigenvalue weighted by Crippen LogP contribution is 2.01. The molecule has 0 saturated heterocycles. The van der Waals surface area contributed by atoms with Crippen molar-refractivity contribution < 1.29 is 9.90 Å². The molecule has 1 heterocycles. The number of hydrogen-bond acceptors (Lipinski definition) is 2. The minimum Gasteiger partial charge on any atom is -0.478 e. The zero-order valence-corrected chi connectivity index (χ0v) is 9.51. The number of nitrogens with zero attached hydrogens (tertiary/aromatic N) is 2. The second-order valence-corrected chi connectivity index (χ2v) is 3.41. The third-order valence-electron chi connectivity index (χ3n) is 2.45. The van der Waals surface area contributed by atoms with Crippen LogP contribution >= 0.6 is 0 Å². The van der Waals surface area contributed by atoms with Gasteiger partial charge < -0.3 is 5.11 Å². The molecule has 1 N–H and O–H groups in total. The molecule has 0 aliphatic rings. The van der Waals surface area contributed by atoms with Crippen molar-refractivity contribution in [3.63, 3.8) is 0 Å². The lowest BCUT2D eigenvalue weighted by atomic mass is 10.2. The Morgan fingerprint density at radius 3 is 2.44 bits per heavy atom. The van der Waals surface area contributed by atoms with E-state index in [0.717, 1.165) is 0 Å². The lowest BCUT2D eigenvalue weighted by Gasteiger charge is -1.99. The fourth-order valence-corrected chi connectivity index (χ4v) is 1.42. The minimum absolute atomic E-state index is 0.111. The van der Waals surface area contributed by atoms with E-state index in [9.17, 15) is 9.59 Å². The van der Waals surface area contributed by atoms with Gasteiger partial charge in [0, 0.05) is 31.1 Å². The van der Waals surface area contributed by atoms with Crippen molar-refractivity contribution in [1.82, 2.24) is 9.13 Å². The molecular formula is C11H16N2O3. The summed E-state index contributed by atoms with van der Waals surface area (Å²) in [4.78, 5) is 22.4. The van der Waals surface area contributed by atoms with E-state index in [1.807, 2.05) is 6.92 Å². The number of imidazole rings is 1. The van der Waals surface area contributed by atoms with E-state index in [0.29, 0.717) is 25.1 Å². The van der Waals surface area contributed by atoms with Gasteiger partial charge in [-0.15, -0.1) is 0 Å². The minimum atomic E-state index is -0.925. The molecule has 0 saturated carbocycles. The topological polar surface area (TPSA) is 64.2 Å². The number of carboxylic acid groups (broad SMARTS) is 1. The van der Waals surface area contributed by atoms with Crippen LogP contribution in [0.15, 0.2) is 28.8 Å². The molecule has 1 rings (SSSR count). The summed E-state index contributed by atoms with van der Waals surface area (Å²) in [6.07, 6.45) is 5.39. The molecule has 0 fully saturated rings. The molecule has 0 aromatic carbocycles. The highest BCUT2D eigenvalue weighted by molar-refractivity contribution is 5.86. The van der Waals surface area contributed by atoms with Crippen molar-refractivity contribution in [1.29, 1.82) is 0 Å². The van der Waals surface area contributed by atoms with Gasteiger partial charge in [0.2, 0.25) is 0 Å². The predicted molar refractivity (Wildman–Crippen MR) is 60.4 cm³/mol. The summed E-state index contributed by atoms with van der Waals surface area (Å²) in [5.74, 6) is -0.925. The highest BCUT2D eigenvalue weighted by atomic mass is 16.4. The van der Waals surface area contributed by atoms with Crippen molar-refractivity contribution in [3.05, 3.63) is 34.5 Å². The van der Waals surface area contributed by atoms with Gasteiger partial charge in [-0.1, -0.05) is 13.0 Å². The maximum atomic E-state index is 11.6. The smallest absolute Gasteiger partial charge is 0.331 e. The number of allylic oxidation sites excluding steroid dienone is 1.